The van der Waals surface area contributed by atoms with Crippen LogP contribution in [0.4, 0.5) is 11.4 Å². The van der Waals surface area contributed by atoms with Crippen molar-refractivity contribution >= 4 is 17.3 Å². The smallest absolute Gasteiger partial charge is 0.262 e. The minimum Gasteiger partial charge on any atom is -0.492 e. The molecular formula is C19H24N2O4. The molecule has 3 N–H and O–H groups in total. The van der Waals surface area contributed by atoms with Crippen molar-refractivity contribution < 1.29 is 19.0 Å². The Bertz CT molecular complexity index is 731. The van der Waals surface area contributed by atoms with Gasteiger partial charge in [0.2, 0.25) is 0 Å². The van der Waals surface area contributed by atoms with E-state index in [2.05, 4.69) is 5.32 Å². The molecule has 0 heterocycles. The number of para-hydroxylation sites is 1. The molecule has 0 aromatic heterocycles. The number of hydrogen-bond acceptors (Lipinski definition) is 5. The Morgan fingerprint density at radius 1 is 1.00 bits per heavy atom. The highest BCUT2D eigenvalue weighted by molar-refractivity contribution is 5.94. The number of hydrogen-bond donors (Lipinski definition) is 2. The Hall–Kier alpha value is -2.89. The SMILES string of the molecule is CCOc1cc(NC(=O)COc2ccccc2C)c(OCC)cc1N. The highest BCUT2D eigenvalue weighted by Crippen LogP contribution is 2.35. The number of carbonyl (C=O) groups is 1. The lowest BCUT2D eigenvalue weighted by Crippen LogP contribution is -2.21. The second-order valence-corrected chi connectivity index (χ2v) is 5.35. The third-order valence-electron chi connectivity index (χ3n) is 3.44. The molecule has 1 amide bonds. The monoisotopic (exact) mass is 344 g/mol. The van der Waals surface area contributed by atoms with Crippen molar-refractivity contribution in [2.45, 2.75) is 20.8 Å². The predicted octanol–water partition coefficient (Wildman–Crippen LogP) is 3.39. The van der Waals surface area contributed by atoms with E-state index in [1.54, 1.807) is 12.1 Å². The fourth-order valence-electron chi connectivity index (χ4n) is 2.28. The molecule has 0 spiro atoms. The number of anilines is 2. The van der Waals surface area contributed by atoms with E-state index < -0.39 is 0 Å². The zero-order chi connectivity index (χ0) is 18.2. The Morgan fingerprint density at radius 2 is 1.68 bits per heavy atom. The minimum atomic E-state index is -0.295. The van der Waals surface area contributed by atoms with Crippen LogP contribution in [0.5, 0.6) is 17.2 Å². The second kappa shape index (κ2) is 8.82. The average molecular weight is 344 g/mol. The van der Waals surface area contributed by atoms with Crippen molar-refractivity contribution in [2.24, 2.45) is 0 Å². The van der Waals surface area contributed by atoms with Crippen molar-refractivity contribution in [3.05, 3.63) is 42.0 Å². The molecule has 0 saturated carbocycles. The number of carbonyl (C=O) groups excluding carboxylic acids is 1. The number of aryl methyl sites for hydroxylation is 1. The molecule has 25 heavy (non-hydrogen) atoms. The van der Waals surface area contributed by atoms with E-state index in [0.717, 1.165) is 5.56 Å². The van der Waals surface area contributed by atoms with Crippen molar-refractivity contribution in [3.8, 4) is 17.2 Å². The summed E-state index contributed by atoms with van der Waals surface area (Å²) in [4.78, 5) is 12.2. The molecule has 2 rings (SSSR count). The predicted molar refractivity (Wildman–Crippen MR) is 98.5 cm³/mol. The molecule has 0 unspecified atom stereocenters. The number of nitrogen functional groups attached to an aromatic ring is 1. The number of amides is 1. The molecule has 0 saturated heterocycles. The molecule has 0 aliphatic carbocycles. The summed E-state index contributed by atoms with van der Waals surface area (Å²) in [5.41, 5.74) is 7.87. The first-order valence-corrected chi connectivity index (χ1v) is 8.22. The van der Waals surface area contributed by atoms with Gasteiger partial charge in [-0.3, -0.25) is 4.79 Å². The van der Waals surface area contributed by atoms with Crippen molar-refractivity contribution in [2.75, 3.05) is 30.9 Å². The van der Waals surface area contributed by atoms with Crippen LogP contribution in [0.2, 0.25) is 0 Å². The summed E-state index contributed by atoms with van der Waals surface area (Å²) < 4.78 is 16.6. The third kappa shape index (κ3) is 5.04. The standard InChI is InChI=1S/C19H24N2O4/c1-4-23-17-11-15(18(24-5-2)10-14(17)20)21-19(22)12-25-16-9-7-6-8-13(16)3/h6-11H,4-5,12,20H2,1-3H3,(H,21,22). The van der Waals surface area contributed by atoms with Crippen LogP contribution in [-0.4, -0.2) is 25.7 Å². The van der Waals surface area contributed by atoms with Crippen LogP contribution in [0.15, 0.2) is 36.4 Å². The lowest BCUT2D eigenvalue weighted by Gasteiger charge is -2.16. The van der Waals surface area contributed by atoms with E-state index in [4.69, 9.17) is 19.9 Å². The number of nitrogens with two attached hydrogens (primary N) is 1. The van der Waals surface area contributed by atoms with Gasteiger partial charge in [0.1, 0.15) is 17.2 Å². The summed E-state index contributed by atoms with van der Waals surface area (Å²) >= 11 is 0. The van der Waals surface area contributed by atoms with E-state index in [9.17, 15) is 4.79 Å². The van der Waals surface area contributed by atoms with Crippen LogP contribution in [0, 0.1) is 6.92 Å². The zero-order valence-corrected chi connectivity index (χ0v) is 14.8. The maximum Gasteiger partial charge on any atom is 0.262 e. The Balaban J connectivity index is 2.10. The summed E-state index contributed by atoms with van der Waals surface area (Å²) in [5, 5.41) is 2.79. The first kappa shape index (κ1) is 18.4. The normalized spacial score (nSPS) is 10.2. The van der Waals surface area contributed by atoms with Gasteiger partial charge in [-0.2, -0.15) is 0 Å². The Labute approximate surface area is 147 Å². The maximum absolute atomic E-state index is 12.2. The largest absolute Gasteiger partial charge is 0.492 e. The van der Waals surface area contributed by atoms with Crippen LogP contribution < -0.4 is 25.3 Å². The Kier molecular flexibility index (Phi) is 6.51. The molecule has 0 aliphatic rings. The van der Waals surface area contributed by atoms with Gasteiger partial charge in [-0.25, -0.2) is 0 Å². The molecule has 0 fully saturated rings. The molecule has 6 nitrogen and oxygen atoms in total. The van der Waals surface area contributed by atoms with Crippen LogP contribution in [0.1, 0.15) is 19.4 Å². The van der Waals surface area contributed by atoms with E-state index >= 15 is 0 Å². The fraction of sp³-hybridized carbons (Fsp3) is 0.316. The van der Waals surface area contributed by atoms with E-state index in [0.29, 0.717) is 41.8 Å². The van der Waals surface area contributed by atoms with Gasteiger partial charge >= 0.3 is 0 Å². The third-order valence-corrected chi connectivity index (χ3v) is 3.44. The van der Waals surface area contributed by atoms with E-state index in [1.807, 2.05) is 45.0 Å². The van der Waals surface area contributed by atoms with Crippen molar-refractivity contribution in [3.63, 3.8) is 0 Å². The summed E-state index contributed by atoms with van der Waals surface area (Å²) in [7, 11) is 0. The van der Waals surface area contributed by atoms with Gasteiger partial charge in [0.25, 0.3) is 5.91 Å². The summed E-state index contributed by atoms with van der Waals surface area (Å²) in [6.45, 7) is 6.47. The highest BCUT2D eigenvalue weighted by atomic mass is 16.5. The molecule has 6 heteroatoms. The first-order valence-electron chi connectivity index (χ1n) is 8.22. The quantitative estimate of drug-likeness (QED) is 0.717. The van der Waals surface area contributed by atoms with Crippen LogP contribution >= 0.6 is 0 Å². The number of nitrogens with one attached hydrogen (secondary N) is 1. The topological polar surface area (TPSA) is 82.8 Å². The van der Waals surface area contributed by atoms with Gasteiger partial charge in [-0.05, 0) is 32.4 Å². The van der Waals surface area contributed by atoms with E-state index in [-0.39, 0.29) is 12.5 Å². The summed E-state index contributed by atoms with van der Waals surface area (Å²) in [6, 6.07) is 10.8. The molecule has 2 aromatic carbocycles. The zero-order valence-electron chi connectivity index (χ0n) is 14.8. The first-order chi connectivity index (χ1) is 12.0. The second-order valence-electron chi connectivity index (χ2n) is 5.35. The van der Waals surface area contributed by atoms with E-state index in [1.165, 1.54) is 0 Å². The van der Waals surface area contributed by atoms with Crippen LogP contribution in [-0.2, 0) is 4.79 Å². The van der Waals surface area contributed by atoms with Gasteiger partial charge < -0.3 is 25.3 Å². The van der Waals surface area contributed by atoms with Gasteiger partial charge in [0.05, 0.1) is 24.6 Å². The number of rotatable bonds is 8. The van der Waals surface area contributed by atoms with Gasteiger partial charge in [-0.15, -0.1) is 0 Å². The molecule has 0 bridgehead atoms. The number of benzene rings is 2. The molecule has 134 valence electrons. The van der Waals surface area contributed by atoms with Crippen LogP contribution in [0.3, 0.4) is 0 Å². The van der Waals surface area contributed by atoms with Gasteiger partial charge in [-0.1, -0.05) is 18.2 Å². The van der Waals surface area contributed by atoms with Crippen LogP contribution in [0.25, 0.3) is 0 Å². The van der Waals surface area contributed by atoms with Crippen molar-refractivity contribution in [1.82, 2.24) is 0 Å². The molecule has 0 radical (unpaired) electrons. The maximum atomic E-state index is 12.2. The lowest BCUT2D eigenvalue weighted by atomic mass is 10.2. The molecular weight excluding hydrogens is 320 g/mol. The molecule has 2 aromatic rings. The van der Waals surface area contributed by atoms with Gasteiger partial charge in [0, 0.05) is 12.1 Å². The average Bonchev–Trinajstić information content (AvgIpc) is 2.58. The summed E-state index contributed by atoms with van der Waals surface area (Å²) in [5.74, 6) is 1.38. The van der Waals surface area contributed by atoms with Gasteiger partial charge in [0.15, 0.2) is 6.61 Å². The lowest BCUT2D eigenvalue weighted by molar-refractivity contribution is -0.118. The highest BCUT2D eigenvalue weighted by Gasteiger charge is 2.13. The fourth-order valence-corrected chi connectivity index (χ4v) is 2.28. The minimum absolute atomic E-state index is 0.106. The number of ether oxygens (including phenoxy) is 3. The molecule has 0 aliphatic heterocycles. The van der Waals surface area contributed by atoms with Crippen molar-refractivity contribution in [1.29, 1.82) is 0 Å². The molecule has 0 atom stereocenters. The Morgan fingerprint density at radius 3 is 2.36 bits per heavy atom. The summed E-state index contributed by atoms with van der Waals surface area (Å²) in [6.07, 6.45) is 0.